The van der Waals surface area contributed by atoms with Gasteiger partial charge in [-0.15, -0.1) is 11.8 Å². The molecule has 1 fully saturated rings. The summed E-state index contributed by atoms with van der Waals surface area (Å²) < 4.78 is 0. The van der Waals surface area contributed by atoms with Crippen LogP contribution in [-0.4, -0.2) is 5.75 Å². The first-order valence-electron chi connectivity index (χ1n) is 6.94. The average Bonchev–Trinajstić information content (AvgIpc) is 2.66. The van der Waals surface area contributed by atoms with Crippen molar-refractivity contribution in [2.75, 3.05) is 5.75 Å². The Morgan fingerprint density at radius 2 is 1.72 bits per heavy atom. The van der Waals surface area contributed by atoms with Crippen LogP contribution in [0.3, 0.4) is 0 Å². The Morgan fingerprint density at radius 3 is 2.33 bits per heavy atom. The molecule has 0 atom stereocenters. The molecule has 0 heterocycles. The smallest absolute Gasteiger partial charge is 0.0690 e. The van der Waals surface area contributed by atoms with E-state index in [1.54, 1.807) is 0 Å². The minimum atomic E-state index is -0.0295. The van der Waals surface area contributed by atoms with E-state index in [2.05, 4.69) is 30.3 Å². The highest BCUT2D eigenvalue weighted by Gasteiger charge is 2.30. The average molecular weight is 259 g/mol. The number of nitriles is 1. The van der Waals surface area contributed by atoms with Gasteiger partial charge < -0.3 is 0 Å². The Bertz CT molecular complexity index is 385. The summed E-state index contributed by atoms with van der Waals surface area (Å²) in [5.41, 5.74) is -0.0295. The molecular formula is C16H21NS. The Labute approximate surface area is 115 Å². The van der Waals surface area contributed by atoms with Gasteiger partial charge in [0.05, 0.1) is 11.5 Å². The number of rotatable bonds is 4. The second-order valence-corrected chi connectivity index (χ2v) is 6.39. The summed E-state index contributed by atoms with van der Waals surface area (Å²) in [6.45, 7) is 0. The molecule has 0 aromatic heterocycles. The van der Waals surface area contributed by atoms with E-state index in [9.17, 15) is 5.26 Å². The van der Waals surface area contributed by atoms with Crippen LogP contribution in [0, 0.1) is 16.7 Å². The van der Waals surface area contributed by atoms with Crippen molar-refractivity contribution in [3.05, 3.63) is 30.3 Å². The lowest BCUT2D eigenvalue weighted by molar-refractivity contribution is 0.332. The molecule has 96 valence electrons. The molecule has 1 aliphatic carbocycles. The summed E-state index contributed by atoms with van der Waals surface area (Å²) in [4.78, 5) is 1.32. The van der Waals surface area contributed by atoms with Gasteiger partial charge in [0.15, 0.2) is 0 Å². The van der Waals surface area contributed by atoms with Crippen LogP contribution in [-0.2, 0) is 0 Å². The van der Waals surface area contributed by atoms with Crippen LogP contribution in [0.4, 0.5) is 0 Å². The lowest BCUT2D eigenvalue weighted by Gasteiger charge is -2.24. The maximum absolute atomic E-state index is 9.50. The Morgan fingerprint density at radius 1 is 1.06 bits per heavy atom. The lowest BCUT2D eigenvalue weighted by atomic mass is 9.79. The summed E-state index contributed by atoms with van der Waals surface area (Å²) >= 11 is 1.88. The minimum Gasteiger partial charge on any atom is -0.198 e. The predicted molar refractivity (Wildman–Crippen MR) is 77.5 cm³/mol. The molecule has 0 bridgehead atoms. The molecule has 0 unspecified atom stereocenters. The van der Waals surface area contributed by atoms with E-state index in [1.165, 1.54) is 30.6 Å². The third-order valence-corrected chi connectivity index (χ3v) is 4.90. The zero-order chi connectivity index (χ0) is 12.7. The van der Waals surface area contributed by atoms with Gasteiger partial charge in [-0.1, -0.05) is 43.9 Å². The molecule has 1 aromatic rings. The maximum atomic E-state index is 9.50. The third-order valence-electron chi connectivity index (χ3n) is 3.89. The summed E-state index contributed by atoms with van der Waals surface area (Å²) in [6, 6.07) is 13.1. The molecule has 1 nitrogen and oxygen atoms in total. The maximum Gasteiger partial charge on any atom is 0.0690 e. The van der Waals surface area contributed by atoms with E-state index < -0.39 is 0 Å². The van der Waals surface area contributed by atoms with Gasteiger partial charge in [0.2, 0.25) is 0 Å². The van der Waals surface area contributed by atoms with Crippen molar-refractivity contribution in [3.8, 4) is 6.07 Å². The number of hydrogen-bond donors (Lipinski definition) is 0. The van der Waals surface area contributed by atoms with Crippen molar-refractivity contribution in [2.24, 2.45) is 5.41 Å². The standard InChI is InChI=1S/C16H21NS/c17-14-16(10-6-1-2-7-11-16)12-13-18-15-8-4-3-5-9-15/h3-5,8-9H,1-2,6-7,10-13H2. The molecule has 0 spiro atoms. The van der Waals surface area contributed by atoms with Gasteiger partial charge in [-0.25, -0.2) is 0 Å². The third kappa shape index (κ3) is 3.78. The molecule has 0 N–H and O–H groups in total. The zero-order valence-electron chi connectivity index (χ0n) is 10.9. The highest BCUT2D eigenvalue weighted by atomic mass is 32.2. The Hall–Kier alpha value is -0.940. The van der Waals surface area contributed by atoms with Crippen molar-refractivity contribution < 1.29 is 0 Å². The van der Waals surface area contributed by atoms with Gasteiger partial charge >= 0.3 is 0 Å². The van der Waals surface area contributed by atoms with E-state index >= 15 is 0 Å². The highest BCUT2D eigenvalue weighted by Crippen LogP contribution is 2.39. The number of hydrogen-bond acceptors (Lipinski definition) is 2. The molecule has 2 rings (SSSR count). The van der Waals surface area contributed by atoms with Gasteiger partial charge in [-0.3, -0.25) is 0 Å². The van der Waals surface area contributed by atoms with Crippen molar-refractivity contribution >= 4 is 11.8 Å². The number of benzene rings is 1. The molecule has 1 saturated carbocycles. The number of thioether (sulfide) groups is 1. The minimum absolute atomic E-state index is 0.0295. The predicted octanol–water partition coefficient (Wildman–Crippen LogP) is 5.03. The van der Waals surface area contributed by atoms with Crippen molar-refractivity contribution in [1.29, 1.82) is 5.26 Å². The topological polar surface area (TPSA) is 23.8 Å². The van der Waals surface area contributed by atoms with E-state index in [1.807, 2.05) is 17.8 Å². The summed E-state index contributed by atoms with van der Waals surface area (Å²) in [6.07, 6.45) is 8.37. The first-order valence-corrected chi connectivity index (χ1v) is 7.92. The van der Waals surface area contributed by atoms with Crippen LogP contribution >= 0.6 is 11.8 Å². The first kappa shape index (κ1) is 13.5. The fourth-order valence-corrected chi connectivity index (χ4v) is 3.78. The molecule has 0 saturated heterocycles. The van der Waals surface area contributed by atoms with Gasteiger partial charge in [0.25, 0.3) is 0 Å². The van der Waals surface area contributed by atoms with E-state index in [4.69, 9.17) is 0 Å². The second kappa shape index (κ2) is 6.85. The van der Waals surface area contributed by atoms with Crippen molar-refractivity contribution in [2.45, 2.75) is 49.8 Å². The van der Waals surface area contributed by atoms with Crippen LogP contribution in [0.2, 0.25) is 0 Å². The lowest BCUT2D eigenvalue weighted by Crippen LogP contribution is -2.18. The quantitative estimate of drug-likeness (QED) is 0.559. The molecule has 2 heteroatoms. The second-order valence-electron chi connectivity index (χ2n) is 5.22. The van der Waals surface area contributed by atoms with Crippen LogP contribution < -0.4 is 0 Å². The SMILES string of the molecule is N#CC1(CCSc2ccccc2)CCCCCC1. The van der Waals surface area contributed by atoms with Crippen LogP contribution in [0.15, 0.2) is 35.2 Å². The fourth-order valence-electron chi connectivity index (χ4n) is 2.70. The Balaban J connectivity index is 1.85. The fraction of sp³-hybridized carbons (Fsp3) is 0.562. The largest absolute Gasteiger partial charge is 0.198 e. The first-order chi connectivity index (χ1) is 8.85. The highest BCUT2D eigenvalue weighted by molar-refractivity contribution is 7.99. The van der Waals surface area contributed by atoms with Crippen LogP contribution in [0.1, 0.15) is 44.9 Å². The molecular weight excluding hydrogens is 238 g/mol. The monoisotopic (exact) mass is 259 g/mol. The Kier molecular flexibility index (Phi) is 5.13. The molecule has 0 radical (unpaired) electrons. The van der Waals surface area contributed by atoms with Gasteiger partial charge in [-0.05, 0) is 37.1 Å². The van der Waals surface area contributed by atoms with E-state index in [0.29, 0.717) is 0 Å². The molecule has 1 aliphatic rings. The zero-order valence-corrected chi connectivity index (χ0v) is 11.7. The van der Waals surface area contributed by atoms with Gasteiger partial charge in [-0.2, -0.15) is 5.26 Å². The van der Waals surface area contributed by atoms with E-state index in [-0.39, 0.29) is 5.41 Å². The van der Waals surface area contributed by atoms with Crippen molar-refractivity contribution in [3.63, 3.8) is 0 Å². The molecule has 0 amide bonds. The summed E-state index contributed by atoms with van der Waals surface area (Å²) in [5, 5.41) is 9.50. The van der Waals surface area contributed by atoms with Crippen molar-refractivity contribution in [1.82, 2.24) is 0 Å². The van der Waals surface area contributed by atoms with Gasteiger partial charge in [0.1, 0.15) is 0 Å². The molecule has 1 aromatic carbocycles. The van der Waals surface area contributed by atoms with Crippen LogP contribution in [0.5, 0.6) is 0 Å². The summed E-state index contributed by atoms with van der Waals surface area (Å²) in [5.74, 6) is 1.07. The van der Waals surface area contributed by atoms with E-state index in [0.717, 1.165) is 25.0 Å². The normalized spacial score (nSPS) is 18.8. The molecule has 0 aliphatic heterocycles. The van der Waals surface area contributed by atoms with Crippen LogP contribution in [0.25, 0.3) is 0 Å². The molecule has 18 heavy (non-hydrogen) atoms. The summed E-state index contributed by atoms with van der Waals surface area (Å²) in [7, 11) is 0. The van der Waals surface area contributed by atoms with Gasteiger partial charge in [0, 0.05) is 4.90 Å². The number of nitrogens with zero attached hydrogens (tertiary/aromatic N) is 1.